The van der Waals surface area contributed by atoms with Crippen molar-refractivity contribution < 1.29 is 13.6 Å². The molecule has 3 aromatic rings. The number of carbonyl (C=O) groups excluding carboxylic acids is 1. The molecule has 0 spiro atoms. The normalized spacial score (nSPS) is 10.8. The monoisotopic (exact) mass is 437 g/mol. The molecular formula is C18H14BrF2N3OS. The molecule has 0 radical (unpaired) electrons. The zero-order valence-corrected chi connectivity index (χ0v) is 16.1. The van der Waals surface area contributed by atoms with E-state index in [9.17, 15) is 13.6 Å². The van der Waals surface area contributed by atoms with E-state index in [0.29, 0.717) is 5.16 Å². The number of benzene rings is 2. The van der Waals surface area contributed by atoms with E-state index in [1.807, 2.05) is 42.0 Å². The first kappa shape index (κ1) is 18.6. The van der Waals surface area contributed by atoms with Gasteiger partial charge in [-0.2, -0.15) is 0 Å². The van der Waals surface area contributed by atoms with Crippen molar-refractivity contribution in [3.63, 3.8) is 0 Å². The summed E-state index contributed by atoms with van der Waals surface area (Å²) in [5.41, 5.74) is 1.97. The molecule has 0 aliphatic carbocycles. The van der Waals surface area contributed by atoms with Crippen LogP contribution in [-0.2, 0) is 4.79 Å². The average molecular weight is 438 g/mol. The van der Waals surface area contributed by atoms with E-state index in [1.54, 1.807) is 6.20 Å². The second-order valence-corrected chi connectivity index (χ2v) is 7.24. The molecule has 3 rings (SSSR count). The van der Waals surface area contributed by atoms with Gasteiger partial charge in [0, 0.05) is 22.9 Å². The highest BCUT2D eigenvalue weighted by Gasteiger charge is 2.15. The van der Waals surface area contributed by atoms with Crippen molar-refractivity contribution in [3.8, 4) is 5.69 Å². The predicted molar refractivity (Wildman–Crippen MR) is 102 cm³/mol. The highest BCUT2D eigenvalue weighted by Crippen LogP contribution is 2.28. The van der Waals surface area contributed by atoms with Gasteiger partial charge < -0.3 is 5.32 Å². The van der Waals surface area contributed by atoms with Crippen LogP contribution in [0.15, 0.2) is 58.4 Å². The van der Waals surface area contributed by atoms with Crippen LogP contribution in [0.5, 0.6) is 0 Å². The molecule has 0 fully saturated rings. The number of imidazole rings is 1. The minimum Gasteiger partial charge on any atom is -0.322 e. The maximum Gasteiger partial charge on any atom is 0.234 e. The fraction of sp³-hybridized carbons (Fsp3) is 0.111. The Morgan fingerprint density at radius 1 is 1.31 bits per heavy atom. The smallest absolute Gasteiger partial charge is 0.234 e. The first-order valence-corrected chi connectivity index (χ1v) is 9.40. The number of hydrogen-bond donors (Lipinski definition) is 1. The molecule has 0 bridgehead atoms. The predicted octanol–water partition coefficient (Wildman–Crippen LogP) is 4.95. The van der Waals surface area contributed by atoms with Gasteiger partial charge in [-0.05, 0) is 40.5 Å². The van der Waals surface area contributed by atoms with Crippen LogP contribution in [0.2, 0.25) is 0 Å². The SMILES string of the molecule is Cc1ccccc1-n1ccnc1SCC(=O)Nc1c(F)cc(F)cc1Br. The third-order valence-electron chi connectivity index (χ3n) is 3.59. The van der Waals surface area contributed by atoms with Crippen molar-refractivity contribution in [2.75, 3.05) is 11.1 Å². The third kappa shape index (κ3) is 4.13. The van der Waals surface area contributed by atoms with Crippen molar-refractivity contribution in [3.05, 3.63) is 70.5 Å². The molecule has 0 aliphatic rings. The van der Waals surface area contributed by atoms with Crippen LogP contribution in [0.3, 0.4) is 0 Å². The molecule has 1 N–H and O–H groups in total. The molecule has 2 aromatic carbocycles. The van der Waals surface area contributed by atoms with Crippen LogP contribution in [0.1, 0.15) is 5.56 Å². The van der Waals surface area contributed by atoms with Crippen LogP contribution >= 0.6 is 27.7 Å². The summed E-state index contributed by atoms with van der Waals surface area (Å²) in [6.45, 7) is 1.99. The number of nitrogens with zero attached hydrogens (tertiary/aromatic N) is 2. The van der Waals surface area contributed by atoms with E-state index < -0.39 is 17.5 Å². The highest BCUT2D eigenvalue weighted by molar-refractivity contribution is 9.10. The number of anilines is 1. The lowest BCUT2D eigenvalue weighted by molar-refractivity contribution is -0.113. The largest absolute Gasteiger partial charge is 0.322 e. The Hall–Kier alpha value is -2.19. The van der Waals surface area contributed by atoms with Gasteiger partial charge in [-0.1, -0.05) is 30.0 Å². The summed E-state index contributed by atoms with van der Waals surface area (Å²) in [4.78, 5) is 16.4. The minimum absolute atomic E-state index is 0.0339. The summed E-state index contributed by atoms with van der Waals surface area (Å²) in [6, 6.07) is 9.65. The van der Waals surface area contributed by atoms with E-state index in [2.05, 4.69) is 26.2 Å². The fourth-order valence-electron chi connectivity index (χ4n) is 2.38. The van der Waals surface area contributed by atoms with Crippen molar-refractivity contribution in [1.82, 2.24) is 9.55 Å². The molecule has 1 amide bonds. The number of aryl methyl sites for hydroxylation is 1. The van der Waals surface area contributed by atoms with E-state index in [4.69, 9.17) is 0 Å². The van der Waals surface area contributed by atoms with Gasteiger partial charge in [0.1, 0.15) is 5.82 Å². The Bertz CT molecular complexity index is 938. The number of aromatic nitrogens is 2. The molecule has 26 heavy (non-hydrogen) atoms. The van der Waals surface area contributed by atoms with Crippen LogP contribution in [0.4, 0.5) is 14.5 Å². The lowest BCUT2D eigenvalue weighted by Crippen LogP contribution is -2.16. The van der Waals surface area contributed by atoms with Crippen LogP contribution in [-0.4, -0.2) is 21.2 Å². The van der Waals surface area contributed by atoms with E-state index >= 15 is 0 Å². The molecule has 0 atom stereocenters. The molecule has 8 heteroatoms. The van der Waals surface area contributed by atoms with Gasteiger partial charge in [0.15, 0.2) is 11.0 Å². The topological polar surface area (TPSA) is 46.9 Å². The highest BCUT2D eigenvalue weighted by atomic mass is 79.9. The van der Waals surface area contributed by atoms with Crippen LogP contribution in [0, 0.1) is 18.6 Å². The summed E-state index contributed by atoms with van der Waals surface area (Å²) in [7, 11) is 0. The molecule has 0 saturated carbocycles. The number of rotatable bonds is 5. The number of amides is 1. The van der Waals surface area contributed by atoms with Crippen molar-refractivity contribution >= 4 is 39.3 Å². The molecule has 0 aliphatic heterocycles. The molecule has 0 unspecified atom stereocenters. The number of halogens is 3. The summed E-state index contributed by atoms with van der Waals surface area (Å²) >= 11 is 4.28. The summed E-state index contributed by atoms with van der Waals surface area (Å²) < 4.78 is 29.0. The zero-order valence-electron chi connectivity index (χ0n) is 13.7. The molecule has 0 saturated heterocycles. The lowest BCUT2D eigenvalue weighted by Gasteiger charge is -2.11. The minimum atomic E-state index is -0.836. The zero-order chi connectivity index (χ0) is 18.7. The first-order chi connectivity index (χ1) is 12.5. The Morgan fingerprint density at radius 2 is 2.08 bits per heavy atom. The lowest BCUT2D eigenvalue weighted by atomic mass is 10.2. The van der Waals surface area contributed by atoms with Crippen molar-refractivity contribution in [2.45, 2.75) is 12.1 Å². The maximum atomic E-state index is 13.8. The second kappa shape index (κ2) is 8.01. The van der Waals surface area contributed by atoms with Gasteiger partial charge in [0.25, 0.3) is 0 Å². The van der Waals surface area contributed by atoms with Crippen LogP contribution in [0.25, 0.3) is 5.69 Å². The summed E-state index contributed by atoms with van der Waals surface area (Å²) in [5, 5.41) is 3.10. The van der Waals surface area contributed by atoms with E-state index in [0.717, 1.165) is 23.4 Å². The number of thioether (sulfide) groups is 1. The Morgan fingerprint density at radius 3 is 2.81 bits per heavy atom. The van der Waals surface area contributed by atoms with Gasteiger partial charge in [0.2, 0.25) is 5.91 Å². The van der Waals surface area contributed by atoms with Gasteiger partial charge in [-0.3, -0.25) is 9.36 Å². The summed E-state index contributed by atoms with van der Waals surface area (Å²) in [6.07, 6.45) is 3.47. The van der Waals surface area contributed by atoms with E-state index in [-0.39, 0.29) is 15.9 Å². The Labute approximate surface area is 161 Å². The van der Waals surface area contributed by atoms with Crippen molar-refractivity contribution in [1.29, 1.82) is 0 Å². The van der Waals surface area contributed by atoms with Gasteiger partial charge in [0.05, 0.1) is 17.1 Å². The summed E-state index contributed by atoms with van der Waals surface area (Å²) in [5.74, 6) is -1.94. The molecule has 134 valence electrons. The van der Waals surface area contributed by atoms with Gasteiger partial charge >= 0.3 is 0 Å². The molecule has 1 heterocycles. The number of hydrogen-bond acceptors (Lipinski definition) is 3. The van der Waals surface area contributed by atoms with Gasteiger partial charge in [-0.15, -0.1) is 0 Å². The number of nitrogens with one attached hydrogen (secondary N) is 1. The molecular weight excluding hydrogens is 424 g/mol. The van der Waals surface area contributed by atoms with Gasteiger partial charge in [-0.25, -0.2) is 13.8 Å². The first-order valence-electron chi connectivity index (χ1n) is 7.62. The Kier molecular flexibility index (Phi) is 5.73. The molecule has 4 nitrogen and oxygen atoms in total. The average Bonchev–Trinajstić information content (AvgIpc) is 3.05. The fourth-order valence-corrected chi connectivity index (χ4v) is 3.65. The van der Waals surface area contributed by atoms with Crippen LogP contribution < -0.4 is 5.32 Å². The van der Waals surface area contributed by atoms with Crippen molar-refractivity contribution in [2.24, 2.45) is 0 Å². The third-order valence-corrected chi connectivity index (χ3v) is 5.18. The second-order valence-electron chi connectivity index (χ2n) is 5.45. The Balaban J connectivity index is 1.70. The number of carbonyl (C=O) groups is 1. The standard InChI is InChI=1S/C18H14BrF2N3OS/c1-11-4-2-3-5-15(11)24-7-6-22-18(24)26-10-16(25)23-17-13(19)8-12(20)9-14(17)21/h2-9H,10H2,1H3,(H,23,25). The molecule has 1 aromatic heterocycles. The maximum absolute atomic E-state index is 13.8. The number of para-hydroxylation sites is 1. The quantitative estimate of drug-likeness (QED) is 0.574. The van der Waals surface area contributed by atoms with E-state index in [1.165, 1.54) is 11.8 Å².